The summed E-state index contributed by atoms with van der Waals surface area (Å²) in [6, 6.07) is -2.34. The number of primary amides is 1. The van der Waals surface area contributed by atoms with Crippen molar-refractivity contribution in [1.29, 1.82) is 0 Å². The van der Waals surface area contributed by atoms with Gasteiger partial charge in [0, 0.05) is 6.54 Å². The van der Waals surface area contributed by atoms with Crippen LogP contribution >= 0.6 is 0 Å². The molecule has 2 aliphatic carbocycles. The number of rotatable bonds is 7. The van der Waals surface area contributed by atoms with E-state index < -0.39 is 41.1 Å². The molecule has 3 fully saturated rings. The molecule has 5 N–H and O–H groups in total. The first-order valence-corrected chi connectivity index (χ1v) is 10.5. The van der Waals surface area contributed by atoms with Gasteiger partial charge in [0.05, 0.1) is 12.1 Å². The highest BCUT2D eigenvalue weighted by Crippen LogP contribution is 2.65. The third kappa shape index (κ3) is 4.04. The number of hydrogen-bond donors (Lipinski definition) is 3. The van der Waals surface area contributed by atoms with E-state index in [1.54, 1.807) is 4.90 Å². The molecule has 2 unspecified atom stereocenters. The average Bonchev–Trinajstić information content (AvgIpc) is 3.45. The van der Waals surface area contributed by atoms with E-state index in [1.165, 1.54) is 0 Å². The second kappa shape index (κ2) is 7.07. The molecular formula is C21H34N4O4. The summed E-state index contributed by atoms with van der Waals surface area (Å²) in [5.74, 6) is -1.90. The van der Waals surface area contributed by atoms with Crippen LogP contribution < -0.4 is 16.8 Å². The highest BCUT2D eigenvalue weighted by molar-refractivity contribution is 6.37. The zero-order chi connectivity index (χ0) is 21.9. The highest BCUT2D eigenvalue weighted by atomic mass is 16.2. The summed E-state index contributed by atoms with van der Waals surface area (Å²) >= 11 is 0. The van der Waals surface area contributed by atoms with E-state index >= 15 is 0 Å². The maximum absolute atomic E-state index is 13.2. The lowest BCUT2D eigenvalue weighted by Crippen LogP contribution is -2.59. The maximum atomic E-state index is 13.2. The van der Waals surface area contributed by atoms with Crippen molar-refractivity contribution in [2.45, 2.75) is 72.0 Å². The zero-order valence-corrected chi connectivity index (χ0v) is 18.0. The number of Topliss-reactive ketones (excluding diaryl/α,β-unsaturated/α-hetero) is 1. The van der Waals surface area contributed by atoms with Gasteiger partial charge in [-0.1, -0.05) is 47.5 Å². The molecule has 3 aliphatic rings. The van der Waals surface area contributed by atoms with Crippen molar-refractivity contribution in [3.8, 4) is 0 Å². The number of carbonyl (C=O) groups is 4. The van der Waals surface area contributed by atoms with E-state index in [4.69, 9.17) is 11.5 Å². The van der Waals surface area contributed by atoms with Crippen LogP contribution in [-0.4, -0.2) is 53.1 Å². The number of amides is 3. The van der Waals surface area contributed by atoms with Crippen molar-refractivity contribution in [2.24, 2.45) is 40.1 Å². The fraction of sp³-hybridized carbons (Fsp3) is 0.810. The number of nitrogens with one attached hydrogen (secondary N) is 1. The third-order valence-electron chi connectivity index (χ3n) is 7.10. The van der Waals surface area contributed by atoms with Gasteiger partial charge in [-0.05, 0) is 35.0 Å². The SMILES string of the molecule is CC(C)(C)[C@H](N)C(=O)N1C[C@H]2C([C@H]1C(=O)NC(CC1CC1)C(=O)C(N)=O)C2(C)C. The minimum atomic E-state index is -1.05. The molecule has 8 heteroatoms. The zero-order valence-electron chi connectivity index (χ0n) is 18.0. The number of carbonyl (C=O) groups excluding carboxylic acids is 4. The summed E-state index contributed by atoms with van der Waals surface area (Å²) in [4.78, 5) is 51.6. The first-order valence-electron chi connectivity index (χ1n) is 10.5. The molecule has 3 rings (SSSR count). The maximum Gasteiger partial charge on any atom is 0.287 e. The number of likely N-dealkylation sites (tertiary alicyclic amines) is 1. The van der Waals surface area contributed by atoms with E-state index in [-0.39, 0.29) is 23.2 Å². The van der Waals surface area contributed by atoms with Gasteiger partial charge in [-0.25, -0.2) is 0 Å². The Morgan fingerprint density at radius 2 is 1.76 bits per heavy atom. The molecular weight excluding hydrogens is 372 g/mol. The molecule has 29 heavy (non-hydrogen) atoms. The molecule has 0 spiro atoms. The van der Waals surface area contributed by atoms with Crippen LogP contribution in [0.3, 0.4) is 0 Å². The van der Waals surface area contributed by atoms with Gasteiger partial charge < -0.3 is 21.7 Å². The van der Waals surface area contributed by atoms with Crippen molar-refractivity contribution in [3.63, 3.8) is 0 Å². The number of piperidine rings is 1. The molecule has 3 amide bonds. The average molecular weight is 407 g/mol. The molecule has 8 nitrogen and oxygen atoms in total. The van der Waals surface area contributed by atoms with Crippen LogP contribution in [0.1, 0.15) is 53.9 Å². The van der Waals surface area contributed by atoms with Crippen molar-refractivity contribution in [1.82, 2.24) is 10.2 Å². The van der Waals surface area contributed by atoms with Gasteiger partial charge >= 0.3 is 0 Å². The Morgan fingerprint density at radius 1 is 1.17 bits per heavy atom. The minimum absolute atomic E-state index is 0.0175. The van der Waals surface area contributed by atoms with Crippen LogP contribution in [0.15, 0.2) is 0 Å². The molecule has 5 atom stereocenters. The summed E-state index contributed by atoms with van der Waals surface area (Å²) in [7, 11) is 0. The van der Waals surface area contributed by atoms with Crippen molar-refractivity contribution < 1.29 is 19.2 Å². The molecule has 0 radical (unpaired) electrons. The van der Waals surface area contributed by atoms with E-state index in [0.29, 0.717) is 18.9 Å². The number of nitrogens with zero attached hydrogens (tertiary/aromatic N) is 1. The van der Waals surface area contributed by atoms with E-state index in [1.807, 2.05) is 20.8 Å². The first-order chi connectivity index (χ1) is 13.3. The van der Waals surface area contributed by atoms with Gasteiger partial charge in [-0.15, -0.1) is 0 Å². The Hall–Kier alpha value is -1.96. The van der Waals surface area contributed by atoms with Crippen molar-refractivity contribution >= 4 is 23.5 Å². The molecule has 1 aliphatic heterocycles. The van der Waals surface area contributed by atoms with E-state index in [2.05, 4.69) is 19.2 Å². The largest absolute Gasteiger partial charge is 0.363 e. The van der Waals surface area contributed by atoms with Gasteiger partial charge in [0.2, 0.25) is 17.6 Å². The molecule has 0 aromatic heterocycles. The Morgan fingerprint density at radius 3 is 2.24 bits per heavy atom. The summed E-state index contributed by atoms with van der Waals surface area (Å²) < 4.78 is 0. The summed E-state index contributed by atoms with van der Waals surface area (Å²) in [5, 5.41) is 2.74. The Kier molecular flexibility index (Phi) is 5.30. The molecule has 0 aromatic carbocycles. The van der Waals surface area contributed by atoms with Crippen LogP contribution in [0.5, 0.6) is 0 Å². The number of nitrogens with two attached hydrogens (primary N) is 2. The van der Waals surface area contributed by atoms with Crippen LogP contribution in [0.25, 0.3) is 0 Å². The first kappa shape index (κ1) is 21.7. The predicted molar refractivity (Wildman–Crippen MR) is 107 cm³/mol. The lowest BCUT2D eigenvalue weighted by Gasteiger charge is -2.36. The summed E-state index contributed by atoms with van der Waals surface area (Å²) in [5.41, 5.74) is 10.9. The molecule has 2 saturated carbocycles. The number of fused-ring (bicyclic) bond motifs is 1. The fourth-order valence-corrected chi connectivity index (χ4v) is 4.71. The molecule has 162 valence electrons. The quantitative estimate of drug-likeness (QED) is 0.518. The van der Waals surface area contributed by atoms with Crippen LogP contribution in [0, 0.1) is 28.6 Å². The topological polar surface area (TPSA) is 136 Å². The van der Waals surface area contributed by atoms with Crippen molar-refractivity contribution in [3.05, 3.63) is 0 Å². The second-order valence-electron chi connectivity index (χ2n) is 10.7. The second-order valence-corrected chi connectivity index (χ2v) is 10.7. The summed E-state index contributed by atoms with van der Waals surface area (Å²) in [6.45, 7) is 10.3. The lowest BCUT2D eigenvalue weighted by molar-refractivity contribution is -0.144. The normalized spacial score (nSPS) is 29.6. The fourth-order valence-electron chi connectivity index (χ4n) is 4.71. The Bertz CT molecular complexity index is 737. The number of ketones is 1. The minimum Gasteiger partial charge on any atom is -0.363 e. The molecule has 1 saturated heterocycles. The molecule has 0 bridgehead atoms. The monoisotopic (exact) mass is 406 g/mol. The smallest absolute Gasteiger partial charge is 0.287 e. The van der Waals surface area contributed by atoms with Gasteiger partial charge in [-0.3, -0.25) is 19.2 Å². The highest BCUT2D eigenvalue weighted by Gasteiger charge is 2.69. The van der Waals surface area contributed by atoms with Gasteiger partial charge in [0.25, 0.3) is 5.91 Å². The lowest BCUT2D eigenvalue weighted by atomic mass is 9.86. The van der Waals surface area contributed by atoms with Gasteiger partial charge in [0.15, 0.2) is 0 Å². The third-order valence-corrected chi connectivity index (χ3v) is 7.10. The number of hydrogen-bond acceptors (Lipinski definition) is 5. The van der Waals surface area contributed by atoms with Crippen LogP contribution in [0.4, 0.5) is 0 Å². The van der Waals surface area contributed by atoms with E-state index in [9.17, 15) is 19.2 Å². The Balaban J connectivity index is 1.79. The molecule has 0 aromatic rings. The predicted octanol–water partition coefficient (Wildman–Crippen LogP) is 0.182. The van der Waals surface area contributed by atoms with Gasteiger partial charge in [-0.2, -0.15) is 0 Å². The van der Waals surface area contributed by atoms with Crippen LogP contribution in [0.2, 0.25) is 0 Å². The van der Waals surface area contributed by atoms with Crippen LogP contribution in [-0.2, 0) is 19.2 Å². The standard InChI is InChI=1S/C21H34N4O4/c1-20(2,3)16(22)19(29)25-9-11-13(21(11,4)5)14(25)18(28)24-12(8-10-6-7-10)15(26)17(23)27/h10-14,16H,6-9,22H2,1-5H3,(H2,23,27)(H,24,28)/t11-,12?,13?,14-,16+/m0/s1. The summed E-state index contributed by atoms with van der Waals surface area (Å²) in [6.07, 6.45) is 2.36. The van der Waals surface area contributed by atoms with E-state index in [0.717, 1.165) is 12.8 Å². The Labute approximate surface area is 172 Å². The van der Waals surface area contributed by atoms with Gasteiger partial charge in [0.1, 0.15) is 6.04 Å². The van der Waals surface area contributed by atoms with Crippen molar-refractivity contribution in [2.75, 3.05) is 6.54 Å². The molecule has 1 heterocycles.